The fourth-order valence-electron chi connectivity index (χ4n) is 0.243. The molecule has 0 aromatic carbocycles. The van der Waals surface area contributed by atoms with Gasteiger partial charge in [0.1, 0.15) is 6.61 Å². The van der Waals surface area contributed by atoms with Crippen LogP contribution in [-0.2, 0) is 9.57 Å². The number of ether oxygens (including phenoxy) is 1. The van der Waals surface area contributed by atoms with E-state index in [4.69, 9.17) is 0 Å². The van der Waals surface area contributed by atoms with Gasteiger partial charge in [-0.1, -0.05) is 6.58 Å². The third kappa shape index (κ3) is 6.74. The van der Waals surface area contributed by atoms with Gasteiger partial charge in [-0.3, -0.25) is 0 Å². The van der Waals surface area contributed by atoms with E-state index >= 15 is 0 Å². The maximum Gasteiger partial charge on any atom is 0.152 e. The summed E-state index contributed by atoms with van der Waals surface area (Å²) in [4.78, 5) is 4.45. The molecule has 0 aromatic rings. The van der Waals surface area contributed by atoms with Crippen LogP contribution in [0.5, 0.6) is 0 Å². The second-order valence-corrected chi connectivity index (χ2v) is 1.07. The van der Waals surface area contributed by atoms with Gasteiger partial charge in [0.25, 0.3) is 0 Å². The molecular formula is C4H9N3O2. The zero-order valence-corrected chi connectivity index (χ0v) is 4.99. The van der Waals surface area contributed by atoms with Gasteiger partial charge in [-0.05, 0) is 5.22 Å². The van der Waals surface area contributed by atoms with Crippen molar-refractivity contribution in [2.24, 2.45) is 16.3 Å². The molecule has 0 atom stereocenters. The third-order valence-electron chi connectivity index (χ3n) is 0.515. The van der Waals surface area contributed by atoms with E-state index in [1.54, 1.807) is 0 Å². The average Bonchev–Trinajstić information content (AvgIpc) is 1.89. The van der Waals surface area contributed by atoms with Crippen LogP contribution in [-0.4, -0.2) is 13.2 Å². The quantitative estimate of drug-likeness (QED) is 0.193. The zero-order valence-electron chi connectivity index (χ0n) is 4.99. The van der Waals surface area contributed by atoms with Crippen LogP contribution in [0.2, 0.25) is 0 Å². The van der Waals surface area contributed by atoms with Gasteiger partial charge in [-0.15, -0.1) is 0 Å². The van der Waals surface area contributed by atoms with E-state index in [-0.39, 0.29) is 0 Å². The lowest BCUT2D eigenvalue weighted by atomic mass is 10.8. The van der Waals surface area contributed by atoms with E-state index in [1.165, 1.54) is 6.26 Å². The molecule has 0 amide bonds. The van der Waals surface area contributed by atoms with E-state index in [0.29, 0.717) is 13.2 Å². The lowest BCUT2D eigenvalue weighted by Gasteiger charge is -1.95. The summed E-state index contributed by atoms with van der Waals surface area (Å²) < 4.78 is 4.68. The summed E-state index contributed by atoms with van der Waals surface area (Å²) in [5.41, 5.74) is 0. The van der Waals surface area contributed by atoms with Gasteiger partial charge in [0, 0.05) is 5.28 Å². The van der Waals surface area contributed by atoms with E-state index < -0.39 is 0 Å². The standard InChI is InChI=1S/C4H9N3O2/c1-2-8-3-4-9-7-6-5/h2H,1,3-4H2,(H2,5,7). The van der Waals surface area contributed by atoms with Crippen molar-refractivity contribution in [3.8, 4) is 0 Å². The predicted molar refractivity (Wildman–Crippen MR) is 31.1 cm³/mol. The normalized spacial score (nSPS) is 9.33. The number of hydrogen-bond acceptors (Lipinski definition) is 4. The van der Waals surface area contributed by atoms with Crippen molar-refractivity contribution in [3.05, 3.63) is 12.8 Å². The third-order valence-corrected chi connectivity index (χ3v) is 0.515. The molecule has 0 spiro atoms. The fourth-order valence-corrected chi connectivity index (χ4v) is 0.243. The van der Waals surface area contributed by atoms with Crippen molar-refractivity contribution in [2.75, 3.05) is 13.2 Å². The molecule has 0 bridgehead atoms. The SMILES string of the molecule is C=COCCON=NN. The lowest BCUT2D eigenvalue weighted by Crippen LogP contribution is -1.96. The molecular weight excluding hydrogens is 122 g/mol. The van der Waals surface area contributed by atoms with E-state index in [0.717, 1.165) is 0 Å². The van der Waals surface area contributed by atoms with Crippen LogP contribution in [0.4, 0.5) is 0 Å². The van der Waals surface area contributed by atoms with Gasteiger partial charge in [0.2, 0.25) is 0 Å². The minimum atomic E-state index is 0.326. The molecule has 0 aliphatic heterocycles. The smallest absolute Gasteiger partial charge is 0.152 e. The predicted octanol–water partition coefficient (Wildman–Crippen LogP) is 0.404. The molecule has 0 saturated heterocycles. The molecule has 52 valence electrons. The molecule has 2 N–H and O–H groups in total. The average molecular weight is 131 g/mol. The van der Waals surface area contributed by atoms with E-state index in [2.05, 4.69) is 32.5 Å². The summed E-state index contributed by atoms with van der Waals surface area (Å²) in [5, 5.41) is 5.89. The van der Waals surface area contributed by atoms with Crippen LogP contribution >= 0.6 is 0 Å². The first-order valence-corrected chi connectivity index (χ1v) is 2.36. The minimum absolute atomic E-state index is 0.326. The molecule has 0 aliphatic rings. The summed E-state index contributed by atoms with van der Waals surface area (Å²) in [7, 11) is 0. The highest BCUT2D eigenvalue weighted by Crippen LogP contribution is 1.77. The Labute approximate surface area is 53.1 Å². The zero-order chi connectivity index (χ0) is 6.95. The maximum absolute atomic E-state index is 4.68. The van der Waals surface area contributed by atoms with Crippen molar-refractivity contribution in [2.45, 2.75) is 0 Å². The summed E-state index contributed by atoms with van der Waals surface area (Å²) in [5.74, 6) is 4.62. The molecule has 0 aliphatic carbocycles. The largest absolute Gasteiger partial charge is 0.498 e. The Morgan fingerprint density at radius 2 is 2.33 bits per heavy atom. The van der Waals surface area contributed by atoms with Gasteiger partial charge in [0.15, 0.2) is 6.61 Å². The Hall–Kier alpha value is -1.26. The Balaban J connectivity index is 2.82. The van der Waals surface area contributed by atoms with Crippen molar-refractivity contribution < 1.29 is 9.57 Å². The first-order valence-electron chi connectivity index (χ1n) is 2.36. The van der Waals surface area contributed by atoms with Crippen molar-refractivity contribution in [1.29, 1.82) is 0 Å². The van der Waals surface area contributed by atoms with Gasteiger partial charge in [0.05, 0.1) is 6.26 Å². The summed E-state index contributed by atoms with van der Waals surface area (Å²) in [6.45, 7) is 4.05. The highest BCUT2D eigenvalue weighted by atomic mass is 16.7. The molecule has 5 nitrogen and oxygen atoms in total. The molecule has 5 heteroatoms. The van der Waals surface area contributed by atoms with Gasteiger partial charge in [-0.25, -0.2) is 0 Å². The number of hydrogen-bond donors (Lipinski definition) is 1. The van der Waals surface area contributed by atoms with Crippen molar-refractivity contribution in [1.82, 2.24) is 0 Å². The second kappa shape index (κ2) is 6.74. The molecule has 0 saturated carbocycles. The van der Waals surface area contributed by atoms with Gasteiger partial charge in [-0.2, -0.15) is 0 Å². The maximum atomic E-state index is 4.68. The summed E-state index contributed by atoms with van der Waals surface area (Å²) in [6.07, 6.45) is 1.32. The van der Waals surface area contributed by atoms with E-state index in [1.807, 2.05) is 0 Å². The topological polar surface area (TPSA) is 69.2 Å². The molecule has 0 heterocycles. The Bertz CT molecular complexity index is 93.8. The first kappa shape index (κ1) is 7.74. The number of rotatable bonds is 5. The molecule has 0 fully saturated rings. The number of nitrogens with two attached hydrogens (primary N) is 1. The van der Waals surface area contributed by atoms with Crippen molar-refractivity contribution >= 4 is 0 Å². The molecule has 0 rings (SSSR count). The van der Waals surface area contributed by atoms with Crippen LogP contribution in [0.25, 0.3) is 0 Å². The number of nitrogens with zero attached hydrogens (tertiary/aromatic N) is 2. The Morgan fingerprint density at radius 3 is 2.89 bits per heavy atom. The van der Waals surface area contributed by atoms with Crippen molar-refractivity contribution in [3.63, 3.8) is 0 Å². The fraction of sp³-hybridized carbons (Fsp3) is 0.500. The second-order valence-electron chi connectivity index (χ2n) is 1.07. The Morgan fingerprint density at radius 1 is 1.56 bits per heavy atom. The van der Waals surface area contributed by atoms with Crippen LogP contribution in [0.3, 0.4) is 0 Å². The van der Waals surface area contributed by atoms with Crippen LogP contribution < -0.4 is 5.84 Å². The van der Waals surface area contributed by atoms with Crippen LogP contribution in [0, 0.1) is 0 Å². The summed E-state index contributed by atoms with van der Waals surface area (Å²) >= 11 is 0. The Kier molecular flexibility index (Phi) is 5.80. The molecule has 9 heavy (non-hydrogen) atoms. The summed E-state index contributed by atoms with van der Waals surface area (Å²) in [6, 6.07) is 0. The van der Waals surface area contributed by atoms with Crippen LogP contribution in [0.15, 0.2) is 23.3 Å². The molecule has 0 unspecified atom stereocenters. The first-order chi connectivity index (χ1) is 4.41. The highest BCUT2D eigenvalue weighted by molar-refractivity contribution is 4.47. The van der Waals surface area contributed by atoms with Gasteiger partial charge >= 0.3 is 0 Å². The minimum Gasteiger partial charge on any atom is -0.498 e. The lowest BCUT2D eigenvalue weighted by molar-refractivity contribution is 0.0761. The van der Waals surface area contributed by atoms with E-state index in [9.17, 15) is 0 Å². The molecule has 0 radical (unpaired) electrons. The van der Waals surface area contributed by atoms with Gasteiger partial charge < -0.3 is 15.4 Å². The monoisotopic (exact) mass is 131 g/mol. The highest BCUT2D eigenvalue weighted by Gasteiger charge is 1.80. The molecule has 0 aromatic heterocycles. The van der Waals surface area contributed by atoms with Crippen LogP contribution in [0.1, 0.15) is 0 Å².